The predicted molar refractivity (Wildman–Crippen MR) is 120 cm³/mol. The van der Waals surface area contributed by atoms with Crippen molar-refractivity contribution in [2.75, 3.05) is 36.5 Å². The van der Waals surface area contributed by atoms with Gasteiger partial charge in [-0.1, -0.05) is 18.2 Å². The number of aromatic amines is 1. The lowest BCUT2D eigenvalue weighted by Crippen LogP contribution is -2.37. The number of nitrogens with zero attached hydrogens (tertiary/aromatic N) is 2. The van der Waals surface area contributed by atoms with Gasteiger partial charge in [-0.3, -0.25) is 9.59 Å². The van der Waals surface area contributed by atoms with Crippen molar-refractivity contribution >= 4 is 34.0 Å². The molecule has 1 amide bonds. The minimum absolute atomic E-state index is 0.0674. The number of aromatic nitrogens is 2. The quantitative estimate of drug-likeness (QED) is 0.529. The van der Waals surface area contributed by atoms with Crippen LogP contribution in [0, 0.1) is 0 Å². The highest BCUT2D eigenvalue weighted by atomic mass is 19.4. The fourth-order valence-corrected chi connectivity index (χ4v) is 3.67. The van der Waals surface area contributed by atoms with Crippen LogP contribution in [0.4, 0.5) is 24.5 Å². The molecule has 1 unspecified atom stereocenters. The van der Waals surface area contributed by atoms with Crippen LogP contribution in [-0.4, -0.2) is 54.5 Å². The molecular weight excluding hydrogens is 469 g/mol. The standard InChI is InChI=1S/C23H21F3N4O5/c1-13(35-22(33)19-15-4-2-3-5-16(15)21(32)29-28-19)20(31)27-17-12-14(23(24,25)26)6-7-18(17)30-8-10-34-11-9-30/h2-7,12-13H,8-11H2,1H3,(H,27,31)(H,29,32). The highest BCUT2D eigenvalue weighted by molar-refractivity contribution is 6.04. The van der Waals surface area contributed by atoms with E-state index in [1.807, 2.05) is 0 Å². The normalized spacial score (nSPS) is 15.0. The van der Waals surface area contributed by atoms with Crippen LogP contribution in [0.25, 0.3) is 10.8 Å². The number of anilines is 2. The number of carbonyl (C=O) groups is 2. The molecule has 2 N–H and O–H groups in total. The summed E-state index contributed by atoms with van der Waals surface area (Å²) < 4.78 is 50.4. The fourth-order valence-electron chi connectivity index (χ4n) is 3.67. The van der Waals surface area contributed by atoms with Crippen molar-refractivity contribution in [2.45, 2.75) is 19.2 Å². The maximum Gasteiger partial charge on any atom is 0.416 e. The van der Waals surface area contributed by atoms with Crippen LogP contribution in [-0.2, 0) is 20.4 Å². The predicted octanol–water partition coefficient (Wildman–Crippen LogP) is 2.96. The molecule has 2 heterocycles. The van der Waals surface area contributed by atoms with Gasteiger partial charge in [0.2, 0.25) is 0 Å². The molecule has 1 aliphatic rings. The molecular formula is C23H21F3N4O5. The van der Waals surface area contributed by atoms with Gasteiger partial charge in [0.25, 0.3) is 11.5 Å². The summed E-state index contributed by atoms with van der Waals surface area (Å²) in [6.07, 6.45) is -5.99. The Morgan fingerprint density at radius 3 is 2.51 bits per heavy atom. The summed E-state index contributed by atoms with van der Waals surface area (Å²) in [6, 6.07) is 9.31. The SMILES string of the molecule is CC(OC(=O)c1n[nH]c(=O)c2ccccc12)C(=O)Nc1cc(C(F)(F)F)ccc1N1CCOCC1. The first-order valence-corrected chi connectivity index (χ1v) is 10.7. The number of rotatable bonds is 5. The molecule has 1 aromatic heterocycles. The van der Waals surface area contributed by atoms with Crippen LogP contribution in [0.2, 0.25) is 0 Å². The zero-order valence-corrected chi connectivity index (χ0v) is 18.5. The molecule has 0 aliphatic carbocycles. The van der Waals surface area contributed by atoms with Crippen molar-refractivity contribution in [1.82, 2.24) is 10.2 Å². The van der Waals surface area contributed by atoms with Crippen LogP contribution in [0.15, 0.2) is 47.3 Å². The highest BCUT2D eigenvalue weighted by Gasteiger charge is 2.32. The van der Waals surface area contributed by atoms with Crippen molar-refractivity contribution in [1.29, 1.82) is 0 Å². The van der Waals surface area contributed by atoms with E-state index in [-0.39, 0.29) is 22.2 Å². The Morgan fingerprint density at radius 2 is 1.83 bits per heavy atom. The first kappa shape index (κ1) is 24.2. The molecule has 2 aromatic carbocycles. The van der Waals surface area contributed by atoms with Gasteiger partial charge < -0.3 is 19.7 Å². The Hall–Kier alpha value is -3.93. The van der Waals surface area contributed by atoms with E-state index in [2.05, 4.69) is 15.5 Å². The van der Waals surface area contributed by atoms with E-state index in [1.165, 1.54) is 25.1 Å². The second-order valence-electron chi connectivity index (χ2n) is 7.81. The average molecular weight is 490 g/mol. The van der Waals surface area contributed by atoms with E-state index in [4.69, 9.17) is 9.47 Å². The number of benzene rings is 2. The number of hydrogen-bond acceptors (Lipinski definition) is 7. The van der Waals surface area contributed by atoms with E-state index in [1.54, 1.807) is 17.0 Å². The number of nitrogens with one attached hydrogen (secondary N) is 2. The number of hydrogen-bond donors (Lipinski definition) is 2. The topological polar surface area (TPSA) is 114 Å². The Labute approximate surface area is 196 Å². The van der Waals surface area contributed by atoms with E-state index >= 15 is 0 Å². The fraction of sp³-hybridized carbons (Fsp3) is 0.304. The Kier molecular flexibility index (Phi) is 6.74. The molecule has 12 heteroatoms. The average Bonchev–Trinajstić information content (AvgIpc) is 2.84. The number of morpholine rings is 1. The molecule has 9 nitrogen and oxygen atoms in total. The van der Waals surface area contributed by atoms with Crippen molar-refractivity contribution in [3.8, 4) is 0 Å². The molecule has 1 atom stereocenters. The third kappa shape index (κ3) is 5.27. The lowest BCUT2D eigenvalue weighted by Gasteiger charge is -2.31. The summed E-state index contributed by atoms with van der Waals surface area (Å²) in [6.45, 7) is 2.93. The smallest absolute Gasteiger partial charge is 0.416 e. The zero-order chi connectivity index (χ0) is 25.2. The van der Waals surface area contributed by atoms with Gasteiger partial charge in [0.15, 0.2) is 11.8 Å². The number of ether oxygens (including phenoxy) is 2. The van der Waals surface area contributed by atoms with E-state index in [0.29, 0.717) is 32.0 Å². The van der Waals surface area contributed by atoms with Crippen molar-refractivity contribution in [3.05, 3.63) is 64.1 Å². The van der Waals surface area contributed by atoms with Gasteiger partial charge >= 0.3 is 12.1 Å². The second-order valence-corrected chi connectivity index (χ2v) is 7.81. The third-order valence-electron chi connectivity index (χ3n) is 5.48. The maximum atomic E-state index is 13.3. The van der Waals surface area contributed by atoms with E-state index in [9.17, 15) is 27.6 Å². The molecule has 35 heavy (non-hydrogen) atoms. The van der Waals surface area contributed by atoms with Gasteiger partial charge in [0.05, 0.1) is 35.5 Å². The van der Waals surface area contributed by atoms with Gasteiger partial charge in [-0.25, -0.2) is 9.89 Å². The summed E-state index contributed by atoms with van der Waals surface area (Å²) in [7, 11) is 0. The molecule has 184 valence electrons. The van der Waals surface area contributed by atoms with Crippen LogP contribution < -0.4 is 15.8 Å². The van der Waals surface area contributed by atoms with E-state index in [0.717, 1.165) is 12.1 Å². The van der Waals surface area contributed by atoms with E-state index < -0.39 is 35.3 Å². The van der Waals surface area contributed by atoms with Crippen LogP contribution in [0.5, 0.6) is 0 Å². The largest absolute Gasteiger partial charge is 0.448 e. The monoisotopic (exact) mass is 490 g/mol. The number of carbonyl (C=O) groups excluding carboxylic acids is 2. The van der Waals surface area contributed by atoms with Crippen molar-refractivity contribution in [2.24, 2.45) is 0 Å². The zero-order valence-electron chi connectivity index (χ0n) is 18.5. The Bertz CT molecular complexity index is 1320. The first-order chi connectivity index (χ1) is 16.6. The summed E-state index contributed by atoms with van der Waals surface area (Å²) >= 11 is 0. The van der Waals surface area contributed by atoms with Crippen LogP contribution >= 0.6 is 0 Å². The molecule has 1 fully saturated rings. The molecule has 0 saturated carbocycles. The highest BCUT2D eigenvalue weighted by Crippen LogP contribution is 2.36. The third-order valence-corrected chi connectivity index (χ3v) is 5.48. The van der Waals surface area contributed by atoms with Crippen LogP contribution in [0.1, 0.15) is 23.0 Å². The number of alkyl halides is 3. The minimum atomic E-state index is -4.61. The second kappa shape index (κ2) is 9.74. The lowest BCUT2D eigenvalue weighted by molar-refractivity contribution is -0.137. The number of halogens is 3. The van der Waals surface area contributed by atoms with Crippen molar-refractivity contribution in [3.63, 3.8) is 0 Å². The number of amides is 1. The maximum absolute atomic E-state index is 13.3. The summed E-state index contributed by atoms with van der Waals surface area (Å²) in [5.74, 6) is -1.81. The molecule has 0 spiro atoms. The number of esters is 1. The first-order valence-electron chi connectivity index (χ1n) is 10.7. The van der Waals surface area contributed by atoms with Crippen molar-refractivity contribution < 1.29 is 32.2 Å². The van der Waals surface area contributed by atoms with Gasteiger partial charge in [-0.15, -0.1) is 0 Å². The van der Waals surface area contributed by atoms with Crippen LogP contribution in [0.3, 0.4) is 0 Å². The molecule has 0 bridgehead atoms. The molecule has 0 radical (unpaired) electrons. The van der Waals surface area contributed by atoms with Gasteiger partial charge in [0, 0.05) is 18.5 Å². The molecule has 4 rings (SSSR count). The van der Waals surface area contributed by atoms with Gasteiger partial charge in [0.1, 0.15) is 0 Å². The Balaban J connectivity index is 1.56. The number of H-pyrrole nitrogens is 1. The molecule has 3 aromatic rings. The lowest BCUT2D eigenvalue weighted by atomic mass is 10.1. The summed E-state index contributed by atoms with van der Waals surface area (Å²) in [5, 5.41) is 8.83. The Morgan fingerprint density at radius 1 is 1.14 bits per heavy atom. The van der Waals surface area contributed by atoms with Gasteiger partial charge in [-0.2, -0.15) is 18.3 Å². The minimum Gasteiger partial charge on any atom is -0.448 e. The summed E-state index contributed by atoms with van der Waals surface area (Å²) in [4.78, 5) is 39.2. The molecule has 1 saturated heterocycles. The summed E-state index contributed by atoms with van der Waals surface area (Å²) in [5.41, 5.74) is -1.31. The van der Waals surface area contributed by atoms with Gasteiger partial charge in [-0.05, 0) is 31.2 Å². The molecule has 1 aliphatic heterocycles. The number of fused-ring (bicyclic) bond motifs is 1.